The van der Waals surface area contributed by atoms with E-state index in [4.69, 9.17) is 12.3 Å². The van der Waals surface area contributed by atoms with Crippen LogP contribution in [-0.2, 0) is 13.6 Å². The number of rotatable bonds is 4. The van der Waals surface area contributed by atoms with Gasteiger partial charge in [0.15, 0.2) is 0 Å². The van der Waals surface area contributed by atoms with E-state index in [1.165, 1.54) is 10.7 Å². The van der Waals surface area contributed by atoms with Gasteiger partial charge in [-0.1, -0.05) is 30.3 Å². The number of hydrogen-bond donors (Lipinski definition) is 2. The van der Waals surface area contributed by atoms with E-state index in [1.807, 2.05) is 0 Å². The van der Waals surface area contributed by atoms with E-state index < -0.39 is 6.43 Å². The van der Waals surface area contributed by atoms with Crippen LogP contribution in [0.2, 0.25) is 0 Å². The van der Waals surface area contributed by atoms with Crippen LogP contribution in [0.25, 0.3) is 48.8 Å². The highest BCUT2D eigenvalue weighted by atomic mass is 19.3. The first-order chi connectivity index (χ1) is 16.4. The molecule has 0 aliphatic heterocycles. The molecule has 3 aromatic carbocycles. The van der Waals surface area contributed by atoms with Crippen LogP contribution in [0.15, 0.2) is 59.5 Å². The van der Waals surface area contributed by atoms with Gasteiger partial charge in [-0.25, -0.2) is 18.7 Å². The van der Waals surface area contributed by atoms with Crippen molar-refractivity contribution in [2.45, 2.75) is 13.0 Å². The monoisotopic (exact) mass is 456 g/mol. The maximum absolute atomic E-state index is 14.3. The number of aromatic amines is 1. The van der Waals surface area contributed by atoms with Crippen LogP contribution in [0.3, 0.4) is 0 Å². The van der Waals surface area contributed by atoms with Crippen LogP contribution >= 0.6 is 0 Å². The second kappa shape index (κ2) is 8.17. The Kier molecular flexibility index (Phi) is 5.15. The zero-order valence-corrected chi connectivity index (χ0v) is 18.0. The molecule has 0 saturated heterocycles. The average molecular weight is 456 g/mol. The molecule has 3 N–H and O–H groups in total. The largest absolute Gasteiger partial charge is 0.325 e. The number of halogens is 2. The van der Waals surface area contributed by atoms with Gasteiger partial charge in [0.1, 0.15) is 0 Å². The van der Waals surface area contributed by atoms with Crippen LogP contribution in [0.1, 0.15) is 17.7 Å². The predicted molar refractivity (Wildman–Crippen MR) is 127 cm³/mol. The van der Waals surface area contributed by atoms with Crippen molar-refractivity contribution in [2.75, 3.05) is 0 Å². The van der Waals surface area contributed by atoms with Gasteiger partial charge in [-0.3, -0.25) is 9.48 Å². The van der Waals surface area contributed by atoms with E-state index in [0.29, 0.717) is 44.1 Å². The maximum atomic E-state index is 14.3. The molecule has 2 heterocycles. The summed E-state index contributed by atoms with van der Waals surface area (Å²) in [6.45, 7) is 7.94. The summed E-state index contributed by atoms with van der Waals surface area (Å²) in [5, 5.41) is 12.9. The number of nitrogens with zero attached hydrogens (tertiary/aromatic N) is 4. The minimum atomic E-state index is -2.80. The lowest BCUT2D eigenvalue weighted by atomic mass is 9.92. The van der Waals surface area contributed by atoms with E-state index in [9.17, 15) is 13.6 Å². The van der Waals surface area contributed by atoms with Gasteiger partial charge in [0.25, 0.3) is 12.0 Å². The molecule has 0 saturated carbocycles. The first-order valence-electron chi connectivity index (χ1n) is 10.4. The first kappa shape index (κ1) is 21.4. The van der Waals surface area contributed by atoms with Gasteiger partial charge < -0.3 is 5.73 Å². The standard InChI is InChI=1S/C25H18F2N6O/c1-29-22-15-6-4-3-5-13(15)10-18(24(26)27)21(22)23-19(12-30-33(23)2)14-7-8-16-17(9-14)20(11-28)31-32-25(16)34/h3-10,12,24H,11,28H2,2H3,(H,32,34). The number of fused-ring (bicyclic) bond motifs is 2. The van der Waals surface area contributed by atoms with E-state index >= 15 is 0 Å². The minimum Gasteiger partial charge on any atom is -0.325 e. The van der Waals surface area contributed by atoms with Crippen molar-refractivity contribution in [1.29, 1.82) is 0 Å². The number of hydrogen-bond acceptors (Lipinski definition) is 4. The lowest BCUT2D eigenvalue weighted by Crippen LogP contribution is -2.13. The number of nitrogens with one attached hydrogen (secondary N) is 1. The molecular weight excluding hydrogens is 438 g/mol. The molecule has 5 rings (SSSR count). The summed E-state index contributed by atoms with van der Waals surface area (Å²) >= 11 is 0. The average Bonchev–Trinajstić information content (AvgIpc) is 3.23. The molecule has 0 aliphatic carbocycles. The van der Waals surface area contributed by atoms with E-state index in [-0.39, 0.29) is 28.9 Å². The van der Waals surface area contributed by atoms with Crippen LogP contribution < -0.4 is 11.3 Å². The Labute approximate surface area is 192 Å². The summed E-state index contributed by atoms with van der Waals surface area (Å²) in [5.41, 5.74) is 7.58. The number of nitrogens with two attached hydrogens (primary N) is 1. The van der Waals surface area contributed by atoms with Crippen LogP contribution in [0.5, 0.6) is 0 Å². The Hall–Kier alpha value is -4.42. The molecule has 0 spiro atoms. The fourth-order valence-corrected chi connectivity index (χ4v) is 4.37. The highest BCUT2D eigenvalue weighted by Crippen LogP contribution is 2.46. The molecule has 7 nitrogen and oxygen atoms in total. The lowest BCUT2D eigenvalue weighted by Gasteiger charge is -2.16. The highest BCUT2D eigenvalue weighted by Gasteiger charge is 2.26. The summed E-state index contributed by atoms with van der Waals surface area (Å²) in [7, 11) is 1.65. The molecule has 0 amide bonds. The fraction of sp³-hybridized carbons (Fsp3) is 0.120. The minimum absolute atomic E-state index is 0.110. The van der Waals surface area contributed by atoms with Gasteiger partial charge in [0.2, 0.25) is 5.69 Å². The van der Waals surface area contributed by atoms with Gasteiger partial charge in [0.05, 0.1) is 29.5 Å². The highest BCUT2D eigenvalue weighted by molar-refractivity contribution is 6.05. The quantitative estimate of drug-likeness (QED) is 0.368. The van der Waals surface area contributed by atoms with Crippen molar-refractivity contribution >= 4 is 27.2 Å². The molecular formula is C25H18F2N6O. The lowest BCUT2D eigenvalue weighted by molar-refractivity contribution is 0.152. The van der Waals surface area contributed by atoms with Crippen LogP contribution in [0, 0.1) is 6.57 Å². The molecule has 0 fully saturated rings. The predicted octanol–water partition coefficient (Wildman–Crippen LogP) is 5.09. The van der Waals surface area contributed by atoms with E-state index in [2.05, 4.69) is 20.1 Å². The third-order valence-corrected chi connectivity index (χ3v) is 5.95. The summed E-state index contributed by atoms with van der Waals surface area (Å²) in [6.07, 6.45) is -1.23. The summed E-state index contributed by atoms with van der Waals surface area (Å²) in [6, 6.07) is 13.5. The van der Waals surface area contributed by atoms with Crippen molar-refractivity contribution in [2.24, 2.45) is 12.8 Å². The van der Waals surface area contributed by atoms with E-state index in [0.717, 1.165) is 0 Å². The Balaban J connectivity index is 1.86. The summed E-state index contributed by atoms with van der Waals surface area (Å²) < 4.78 is 30.1. The molecule has 0 atom stereocenters. The van der Waals surface area contributed by atoms with Gasteiger partial charge >= 0.3 is 0 Å². The van der Waals surface area contributed by atoms with Crippen molar-refractivity contribution in [3.63, 3.8) is 0 Å². The van der Waals surface area contributed by atoms with Crippen LogP contribution in [-0.4, -0.2) is 20.0 Å². The first-order valence-corrected chi connectivity index (χ1v) is 10.4. The number of benzene rings is 3. The molecule has 34 heavy (non-hydrogen) atoms. The van der Waals surface area contributed by atoms with Crippen molar-refractivity contribution in [3.8, 4) is 22.4 Å². The zero-order valence-electron chi connectivity index (χ0n) is 18.0. The van der Waals surface area contributed by atoms with Gasteiger partial charge in [-0.05, 0) is 34.5 Å². The molecule has 0 aliphatic rings. The molecule has 9 heteroatoms. The van der Waals surface area contributed by atoms with Crippen LogP contribution in [0.4, 0.5) is 14.5 Å². The Morgan fingerprint density at radius 2 is 1.94 bits per heavy atom. The molecule has 2 aromatic heterocycles. The van der Waals surface area contributed by atoms with Gasteiger partial charge in [0, 0.05) is 35.7 Å². The summed E-state index contributed by atoms with van der Waals surface area (Å²) in [5.74, 6) is 0. The van der Waals surface area contributed by atoms with Gasteiger partial charge in [-0.2, -0.15) is 10.2 Å². The smallest absolute Gasteiger partial charge is 0.272 e. The number of aromatic nitrogens is 4. The van der Waals surface area contributed by atoms with Crippen molar-refractivity contribution in [1.82, 2.24) is 20.0 Å². The third-order valence-electron chi connectivity index (χ3n) is 5.95. The Morgan fingerprint density at radius 3 is 2.68 bits per heavy atom. The maximum Gasteiger partial charge on any atom is 0.272 e. The third kappa shape index (κ3) is 3.24. The zero-order chi connectivity index (χ0) is 24.0. The molecule has 168 valence electrons. The summed E-state index contributed by atoms with van der Waals surface area (Å²) in [4.78, 5) is 15.9. The van der Waals surface area contributed by atoms with E-state index in [1.54, 1.807) is 55.7 Å². The number of H-pyrrole nitrogens is 1. The Bertz CT molecular complexity index is 1680. The molecule has 0 bridgehead atoms. The molecule has 0 radical (unpaired) electrons. The second-order valence-corrected chi connectivity index (χ2v) is 7.82. The van der Waals surface area contributed by atoms with Crippen molar-refractivity contribution in [3.05, 3.63) is 87.8 Å². The molecule has 5 aromatic rings. The fourth-order valence-electron chi connectivity index (χ4n) is 4.37. The van der Waals surface area contributed by atoms with Crippen molar-refractivity contribution < 1.29 is 8.78 Å². The SMILES string of the molecule is [C-]#[N+]c1c(-c2c(-c3ccc4c(=O)[nH]nc(CN)c4c3)cnn2C)c(C(F)F)cc2ccccc12. The number of aryl methyl sites for hydroxylation is 1. The van der Waals surface area contributed by atoms with Gasteiger partial charge in [-0.15, -0.1) is 0 Å². The topological polar surface area (TPSA) is 93.9 Å². The number of alkyl halides is 2. The normalized spacial score (nSPS) is 11.4. The second-order valence-electron chi connectivity index (χ2n) is 7.82. The molecule has 0 unspecified atom stereocenters. The Morgan fingerprint density at radius 1 is 1.15 bits per heavy atom.